The largest absolute Gasteiger partial charge is 0.497 e. The first-order valence-corrected chi connectivity index (χ1v) is 7.99. The highest BCUT2D eigenvalue weighted by Gasteiger charge is 2.51. The fourth-order valence-corrected chi connectivity index (χ4v) is 3.20. The van der Waals surface area contributed by atoms with Gasteiger partial charge in [0.15, 0.2) is 0 Å². The van der Waals surface area contributed by atoms with Gasteiger partial charge in [-0.3, -0.25) is 0 Å². The normalized spacial score (nSPS) is 30.5. The smallest absolute Gasteiger partial charge is 0.284 e. The summed E-state index contributed by atoms with van der Waals surface area (Å²) in [5, 5.41) is 14.4. The molecule has 0 aromatic heterocycles. The van der Waals surface area contributed by atoms with Crippen LogP contribution in [0.2, 0.25) is 0 Å². The summed E-state index contributed by atoms with van der Waals surface area (Å²) in [5.41, 5.74) is -0.922. The molecule has 2 aliphatic rings. The number of hydrogen-bond acceptors (Lipinski definition) is 6. The molecule has 0 amide bonds. The van der Waals surface area contributed by atoms with E-state index >= 15 is 0 Å². The minimum absolute atomic E-state index is 0.328. The standard InChI is InChI=1S/C17H24N2O4/c1-16(13-4-6-14(21-2)7-5-13)17(20,8-3-10-23-16)12-19-15-18-9-11-22-15/h4-7,20H,3,8-12H2,1-2H3,(H,18,19). The highest BCUT2D eigenvalue weighted by atomic mass is 16.5. The molecule has 0 spiro atoms. The Bertz CT molecular complexity index is 574. The second-order valence-corrected chi connectivity index (χ2v) is 6.13. The molecule has 2 heterocycles. The summed E-state index contributed by atoms with van der Waals surface area (Å²) in [6.45, 7) is 4.14. The van der Waals surface area contributed by atoms with Crippen molar-refractivity contribution >= 4 is 6.02 Å². The van der Waals surface area contributed by atoms with Crippen LogP contribution in [0.3, 0.4) is 0 Å². The molecule has 2 atom stereocenters. The van der Waals surface area contributed by atoms with E-state index in [0.717, 1.165) is 17.7 Å². The zero-order chi connectivity index (χ0) is 16.3. The number of hydrogen-bond donors (Lipinski definition) is 2. The molecule has 1 fully saturated rings. The van der Waals surface area contributed by atoms with Gasteiger partial charge in [-0.15, -0.1) is 0 Å². The molecule has 1 saturated heterocycles. The first kappa shape index (κ1) is 16.1. The summed E-state index contributed by atoms with van der Waals surface area (Å²) in [5.74, 6) is 0.781. The van der Waals surface area contributed by atoms with E-state index in [9.17, 15) is 5.11 Å². The molecule has 2 aliphatic heterocycles. The van der Waals surface area contributed by atoms with Gasteiger partial charge in [-0.25, -0.2) is 4.99 Å². The highest BCUT2D eigenvalue weighted by Crippen LogP contribution is 2.43. The Kier molecular flexibility index (Phi) is 4.46. The van der Waals surface area contributed by atoms with Gasteiger partial charge in [0.1, 0.15) is 23.6 Å². The number of nitrogens with zero attached hydrogens (tertiary/aromatic N) is 1. The molecular weight excluding hydrogens is 296 g/mol. The van der Waals surface area contributed by atoms with E-state index in [1.807, 2.05) is 31.2 Å². The third-order valence-electron chi connectivity index (χ3n) is 4.77. The Labute approximate surface area is 136 Å². The van der Waals surface area contributed by atoms with Crippen molar-refractivity contribution in [3.8, 4) is 5.75 Å². The van der Waals surface area contributed by atoms with Crippen LogP contribution in [0.5, 0.6) is 5.75 Å². The Hall–Kier alpha value is -1.79. The molecule has 3 rings (SSSR count). The number of benzene rings is 1. The molecule has 0 saturated carbocycles. The summed E-state index contributed by atoms with van der Waals surface area (Å²) in [6, 6.07) is 8.16. The van der Waals surface area contributed by atoms with E-state index in [1.165, 1.54) is 0 Å². The quantitative estimate of drug-likeness (QED) is 0.878. The maximum atomic E-state index is 11.3. The van der Waals surface area contributed by atoms with E-state index < -0.39 is 11.2 Å². The lowest BCUT2D eigenvalue weighted by molar-refractivity contribution is -0.209. The average molecular weight is 320 g/mol. The first-order chi connectivity index (χ1) is 11.1. The van der Waals surface area contributed by atoms with Crippen molar-refractivity contribution in [2.24, 2.45) is 4.99 Å². The predicted octanol–water partition coefficient (Wildman–Crippen LogP) is 1.43. The number of amidine groups is 1. The van der Waals surface area contributed by atoms with Gasteiger partial charge in [-0.05, 0) is 37.5 Å². The van der Waals surface area contributed by atoms with E-state index in [4.69, 9.17) is 14.2 Å². The molecule has 0 bridgehead atoms. The van der Waals surface area contributed by atoms with E-state index in [0.29, 0.717) is 38.7 Å². The van der Waals surface area contributed by atoms with Crippen molar-refractivity contribution < 1.29 is 19.3 Å². The summed E-state index contributed by atoms with van der Waals surface area (Å²) in [6.07, 6.45) is 1.47. The number of methoxy groups -OCH3 is 1. The average Bonchev–Trinajstić information content (AvgIpc) is 3.10. The first-order valence-electron chi connectivity index (χ1n) is 7.99. The van der Waals surface area contributed by atoms with E-state index in [-0.39, 0.29) is 0 Å². The zero-order valence-electron chi connectivity index (χ0n) is 13.7. The molecule has 2 unspecified atom stereocenters. The van der Waals surface area contributed by atoms with Gasteiger partial charge in [0.2, 0.25) is 0 Å². The van der Waals surface area contributed by atoms with Gasteiger partial charge in [0.25, 0.3) is 6.02 Å². The number of aliphatic hydroxyl groups is 1. The maximum absolute atomic E-state index is 11.3. The number of nitrogens with one attached hydrogen (secondary N) is 1. The van der Waals surface area contributed by atoms with Crippen molar-refractivity contribution in [1.82, 2.24) is 5.32 Å². The third kappa shape index (κ3) is 3.01. The molecule has 23 heavy (non-hydrogen) atoms. The van der Waals surface area contributed by atoms with Gasteiger partial charge >= 0.3 is 0 Å². The van der Waals surface area contributed by atoms with Gasteiger partial charge in [-0.2, -0.15) is 0 Å². The topological polar surface area (TPSA) is 72.3 Å². The Morgan fingerprint density at radius 2 is 2.09 bits per heavy atom. The minimum atomic E-state index is -1.05. The lowest BCUT2D eigenvalue weighted by Crippen LogP contribution is -2.60. The Morgan fingerprint density at radius 3 is 2.74 bits per heavy atom. The van der Waals surface area contributed by atoms with Crippen LogP contribution in [-0.4, -0.2) is 50.1 Å². The van der Waals surface area contributed by atoms with Crippen LogP contribution < -0.4 is 10.1 Å². The van der Waals surface area contributed by atoms with Gasteiger partial charge < -0.3 is 24.6 Å². The molecule has 0 radical (unpaired) electrons. The van der Waals surface area contributed by atoms with Crippen LogP contribution in [0.25, 0.3) is 0 Å². The second-order valence-electron chi connectivity index (χ2n) is 6.13. The van der Waals surface area contributed by atoms with E-state index in [2.05, 4.69) is 10.3 Å². The lowest BCUT2D eigenvalue weighted by atomic mass is 9.74. The zero-order valence-corrected chi connectivity index (χ0v) is 13.7. The van der Waals surface area contributed by atoms with Crippen molar-refractivity contribution in [2.75, 3.05) is 33.4 Å². The molecule has 6 nitrogen and oxygen atoms in total. The monoisotopic (exact) mass is 320 g/mol. The molecule has 1 aromatic carbocycles. The van der Waals surface area contributed by atoms with Gasteiger partial charge in [-0.1, -0.05) is 12.1 Å². The molecule has 6 heteroatoms. The fourth-order valence-electron chi connectivity index (χ4n) is 3.20. The van der Waals surface area contributed by atoms with Gasteiger partial charge in [0.05, 0.1) is 20.2 Å². The maximum Gasteiger partial charge on any atom is 0.284 e. The summed E-state index contributed by atoms with van der Waals surface area (Å²) >= 11 is 0. The number of rotatable bonds is 4. The van der Waals surface area contributed by atoms with Crippen LogP contribution in [0, 0.1) is 0 Å². The molecule has 2 N–H and O–H groups in total. The highest BCUT2D eigenvalue weighted by molar-refractivity contribution is 5.74. The predicted molar refractivity (Wildman–Crippen MR) is 86.7 cm³/mol. The van der Waals surface area contributed by atoms with Crippen LogP contribution >= 0.6 is 0 Å². The van der Waals surface area contributed by atoms with Crippen LogP contribution in [0.1, 0.15) is 25.3 Å². The van der Waals surface area contributed by atoms with Gasteiger partial charge in [0, 0.05) is 6.61 Å². The van der Waals surface area contributed by atoms with E-state index in [1.54, 1.807) is 7.11 Å². The van der Waals surface area contributed by atoms with Crippen molar-refractivity contribution in [1.29, 1.82) is 0 Å². The van der Waals surface area contributed by atoms with Crippen LogP contribution in [-0.2, 0) is 15.1 Å². The lowest BCUT2D eigenvalue weighted by Gasteiger charge is -2.48. The second kappa shape index (κ2) is 6.37. The SMILES string of the molecule is COc1ccc(C2(C)OCCCC2(O)CNC2=NCCO2)cc1. The van der Waals surface area contributed by atoms with Crippen molar-refractivity contribution in [3.05, 3.63) is 29.8 Å². The fraction of sp³-hybridized carbons (Fsp3) is 0.588. The third-order valence-corrected chi connectivity index (χ3v) is 4.77. The molecule has 126 valence electrons. The molecule has 1 aromatic rings. The van der Waals surface area contributed by atoms with Crippen LogP contribution in [0.15, 0.2) is 29.3 Å². The number of aliphatic imine (C=N–C) groups is 1. The van der Waals surface area contributed by atoms with Crippen molar-refractivity contribution in [3.63, 3.8) is 0 Å². The summed E-state index contributed by atoms with van der Waals surface area (Å²) < 4.78 is 16.6. The summed E-state index contributed by atoms with van der Waals surface area (Å²) in [7, 11) is 1.64. The molecular formula is C17H24N2O4. The van der Waals surface area contributed by atoms with Crippen LogP contribution in [0.4, 0.5) is 0 Å². The number of ether oxygens (including phenoxy) is 3. The molecule has 0 aliphatic carbocycles. The van der Waals surface area contributed by atoms with Crippen molar-refractivity contribution in [2.45, 2.75) is 31.0 Å². The Morgan fingerprint density at radius 1 is 1.30 bits per heavy atom. The Balaban J connectivity index is 1.82. The summed E-state index contributed by atoms with van der Waals surface area (Å²) in [4.78, 5) is 4.21. The minimum Gasteiger partial charge on any atom is -0.497 e.